The molecule has 1 aliphatic rings. The van der Waals surface area contributed by atoms with Gasteiger partial charge in [-0.2, -0.15) is 0 Å². The fourth-order valence-electron chi connectivity index (χ4n) is 2.99. The van der Waals surface area contributed by atoms with Crippen LogP contribution in [0.1, 0.15) is 21.7 Å². The highest BCUT2D eigenvalue weighted by atomic mass is 32.1. The number of hydrogen-bond acceptors (Lipinski definition) is 7. The zero-order valence-electron chi connectivity index (χ0n) is 14.6. The van der Waals surface area contributed by atoms with Crippen LogP contribution >= 0.6 is 11.3 Å². The number of thiazole rings is 1. The number of pyridine rings is 2. The molecule has 0 aromatic carbocycles. The first-order chi connectivity index (χ1) is 12.8. The number of anilines is 2. The molecule has 0 aliphatic carbocycles. The van der Waals surface area contributed by atoms with E-state index in [1.54, 1.807) is 17.5 Å². The average molecular weight is 367 g/mol. The third-order valence-corrected chi connectivity index (χ3v) is 5.12. The molecule has 0 bridgehead atoms. The van der Waals surface area contributed by atoms with E-state index in [-0.39, 0.29) is 6.10 Å². The van der Waals surface area contributed by atoms with Crippen molar-refractivity contribution in [3.05, 3.63) is 64.4 Å². The first-order valence-corrected chi connectivity index (χ1v) is 9.48. The van der Waals surface area contributed by atoms with E-state index in [2.05, 4.69) is 20.2 Å². The second-order valence-electron chi connectivity index (χ2n) is 6.23. The van der Waals surface area contributed by atoms with Gasteiger partial charge in [-0.05, 0) is 31.2 Å². The van der Waals surface area contributed by atoms with Crippen molar-refractivity contribution >= 4 is 23.0 Å². The van der Waals surface area contributed by atoms with Crippen LogP contribution in [-0.4, -0.2) is 39.5 Å². The van der Waals surface area contributed by atoms with Crippen LogP contribution in [0.4, 0.5) is 11.6 Å². The Balaban J connectivity index is 1.44. The summed E-state index contributed by atoms with van der Waals surface area (Å²) in [5.74, 6) is 1.56. The third-order valence-electron chi connectivity index (χ3n) is 4.22. The van der Waals surface area contributed by atoms with Crippen molar-refractivity contribution in [1.29, 1.82) is 0 Å². The first-order valence-electron chi connectivity index (χ1n) is 8.66. The van der Waals surface area contributed by atoms with Crippen LogP contribution in [0, 0.1) is 6.92 Å². The van der Waals surface area contributed by atoms with Gasteiger partial charge < -0.3 is 10.1 Å². The van der Waals surface area contributed by atoms with Crippen LogP contribution in [0.3, 0.4) is 0 Å². The highest BCUT2D eigenvalue weighted by molar-refractivity contribution is 7.11. The van der Waals surface area contributed by atoms with Crippen molar-refractivity contribution in [2.45, 2.75) is 19.6 Å². The Bertz CT molecular complexity index is 854. The largest absolute Gasteiger partial charge is 0.369 e. The molecule has 134 valence electrons. The highest BCUT2D eigenvalue weighted by Crippen LogP contribution is 2.24. The maximum absolute atomic E-state index is 5.98. The van der Waals surface area contributed by atoms with Gasteiger partial charge in [0.05, 0.1) is 17.3 Å². The lowest BCUT2D eigenvalue weighted by molar-refractivity contribution is -0.0346. The van der Waals surface area contributed by atoms with Crippen LogP contribution in [0.2, 0.25) is 0 Å². The lowest BCUT2D eigenvalue weighted by atomic mass is 10.2. The van der Waals surface area contributed by atoms with Gasteiger partial charge in [0.1, 0.15) is 17.7 Å². The molecule has 1 N–H and O–H groups in total. The van der Waals surface area contributed by atoms with Crippen LogP contribution in [0.25, 0.3) is 0 Å². The van der Waals surface area contributed by atoms with Crippen LogP contribution in [0.5, 0.6) is 0 Å². The molecule has 4 rings (SSSR count). The van der Waals surface area contributed by atoms with Crippen molar-refractivity contribution in [3.8, 4) is 0 Å². The van der Waals surface area contributed by atoms with Gasteiger partial charge in [-0.3, -0.25) is 4.90 Å². The molecule has 0 spiro atoms. The average Bonchev–Trinajstić information content (AvgIpc) is 3.08. The number of nitrogens with zero attached hydrogens (tertiary/aromatic N) is 4. The smallest absolute Gasteiger partial charge is 0.131 e. The fourth-order valence-corrected chi connectivity index (χ4v) is 3.83. The second-order valence-corrected chi connectivity index (χ2v) is 7.55. The quantitative estimate of drug-likeness (QED) is 0.744. The molecule has 1 saturated heterocycles. The molecule has 1 aliphatic heterocycles. The van der Waals surface area contributed by atoms with Gasteiger partial charge in [-0.15, -0.1) is 11.3 Å². The Morgan fingerprint density at radius 2 is 2.12 bits per heavy atom. The molecule has 0 saturated carbocycles. The Labute approximate surface area is 156 Å². The van der Waals surface area contributed by atoms with Crippen LogP contribution < -0.4 is 5.32 Å². The normalized spacial score (nSPS) is 18.0. The van der Waals surface area contributed by atoms with E-state index in [0.29, 0.717) is 6.61 Å². The first kappa shape index (κ1) is 17.1. The zero-order chi connectivity index (χ0) is 17.8. The van der Waals surface area contributed by atoms with Crippen molar-refractivity contribution in [3.63, 3.8) is 0 Å². The van der Waals surface area contributed by atoms with Gasteiger partial charge in [0.2, 0.25) is 0 Å². The van der Waals surface area contributed by atoms with Crippen molar-refractivity contribution < 1.29 is 4.74 Å². The molecule has 0 radical (unpaired) electrons. The Morgan fingerprint density at radius 3 is 2.92 bits per heavy atom. The van der Waals surface area contributed by atoms with Gasteiger partial charge in [0, 0.05) is 36.9 Å². The summed E-state index contributed by atoms with van der Waals surface area (Å²) in [6.45, 7) is 5.43. The molecule has 6 nitrogen and oxygen atoms in total. The minimum Gasteiger partial charge on any atom is -0.369 e. The van der Waals surface area contributed by atoms with E-state index in [9.17, 15) is 0 Å². The topological polar surface area (TPSA) is 63.2 Å². The number of ether oxygens (including phenoxy) is 1. The number of hydrogen-bond donors (Lipinski definition) is 1. The van der Waals surface area contributed by atoms with Gasteiger partial charge in [-0.25, -0.2) is 15.0 Å². The van der Waals surface area contributed by atoms with Gasteiger partial charge in [-0.1, -0.05) is 12.1 Å². The van der Waals surface area contributed by atoms with E-state index < -0.39 is 0 Å². The molecule has 1 atom stereocenters. The molecular weight excluding hydrogens is 346 g/mol. The number of morpholine rings is 1. The number of rotatable bonds is 5. The SMILES string of the molecule is Cc1ncc(CN2CCO[C@H](c3cccc(Nc4ccccn4)n3)C2)s1. The summed E-state index contributed by atoms with van der Waals surface area (Å²) in [6, 6.07) is 11.7. The minimum absolute atomic E-state index is 0.0248. The van der Waals surface area contributed by atoms with Gasteiger partial charge in [0.15, 0.2) is 0 Å². The van der Waals surface area contributed by atoms with Gasteiger partial charge in [0.25, 0.3) is 0 Å². The standard InChI is InChI=1S/C19H21N5OS/c1-14-21-11-15(26-14)12-24-9-10-25-17(13-24)16-5-4-7-19(22-16)23-18-6-2-3-8-20-18/h2-8,11,17H,9-10,12-13H2,1H3,(H,20,22,23)/t17-/m0/s1. The highest BCUT2D eigenvalue weighted by Gasteiger charge is 2.23. The van der Waals surface area contributed by atoms with Crippen molar-refractivity contribution in [1.82, 2.24) is 19.9 Å². The van der Waals surface area contributed by atoms with E-state index in [4.69, 9.17) is 9.72 Å². The summed E-state index contributed by atoms with van der Waals surface area (Å²) in [5.41, 5.74) is 0.941. The second kappa shape index (κ2) is 7.90. The van der Waals surface area contributed by atoms with E-state index in [0.717, 1.165) is 42.0 Å². The molecule has 7 heteroatoms. The Morgan fingerprint density at radius 1 is 1.19 bits per heavy atom. The monoisotopic (exact) mass is 367 g/mol. The molecule has 0 amide bonds. The minimum atomic E-state index is -0.0248. The van der Waals surface area contributed by atoms with E-state index in [1.165, 1.54) is 4.88 Å². The zero-order valence-corrected chi connectivity index (χ0v) is 15.4. The summed E-state index contributed by atoms with van der Waals surface area (Å²) < 4.78 is 5.98. The summed E-state index contributed by atoms with van der Waals surface area (Å²) in [5, 5.41) is 4.35. The lowest BCUT2D eigenvalue weighted by Gasteiger charge is -2.32. The molecule has 26 heavy (non-hydrogen) atoms. The molecule has 3 aromatic rings. The molecular formula is C19H21N5OS. The van der Waals surface area contributed by atoms with Crippen LogP contribution in [-0.2, 0) is 11.3 Å². The lowest BCUT2D eigenvalue weighted by Crippen LogP contribution is -2.37. The summed E-state index contributed by atoms with van der Waals surface area (Å²) >= 11 is 1.76. The Kier molecular flexibility index (Phi) is 5.19. The Hall–Kier alpha value is -2.35. The molecule has 4 heterocycles. The van der Waals surface area contributed by atoms with E-state index in [1.807, 2.05) is 49.5 Å². The van der Waals surface area contributed by atoms with Crippen molar-refractivity contribution in [2.24, 2.45) is 0 Å². The van der Waals surface area contributed by atoms with E-state index >= 15 is 0 Å². The summed E-state index contributed by atoms with van der Waals surface area (Å²) in [4.78, 5) is 17.0. The molecule has 3 aromatic heterocycles. The number of nitrogens with one attached hydrogen (secondary N) is 1. The number of aromatic nitrogens is 3. The molecule has 1 fully saturated rings. The predicted octanol–water partition coefficient (Wildman–Crippen LogP) is 3.56. The number of aryl methyl sites for hydroxylation is 1. The summed E-state index contributed by atoms with van der Waals surface area (Å²) in [6.07, 6.45) is 3.71. The predicted molar refractivity (Wildman–Crippen MR) is 103 cm³/mol. The van der Waals surface area contributed by atoms with Gasteiger partial charge >= 0.3 is 0 Å². The fraction of sp³-hybridized carbons (Fsp3) is 0.316. The van der Waals surface area contributed by atoms with Crippen molar-refractivity contribution in [2.75, 3.05) is 25.0 Å². The third kappa shape index (κ3) is 4.24. The molecule has 0 unspecified atom stereocenters. The van der Waals surface area contributed by atoms with Crippen LogP contribution in [0.15, 0.2) is 48.8 Å². The maximum Gasteiger partial charge on any atom is 0.131 e. The summed E-state index contributed by atoms with van der Waals surface area (Å²) in [7, 11) is 0. The maximum atomic E-state index is 5.98.